The molecule has 5 rings (SSSR count). The maximum atomic E-state index is 10.8. The zero-order chi connectivity index (χ0) is 27.2. The van der Waals surface area contributed by atoms with Crippen LogP contribution in [0, 0.1) is 0 Å². The van der Waals surface area contributed by atoms with Gasteiger partial charge in [-0.3, -0.25) is 15.1 Å². The molecule has 0 amide bonds. The van der Waals surface area contributed by atoms with Gasteiger partial charge in [-0.1, -0.05) is 0 Å². The van der Waals surface area contributed by atoms with Crippen LogP contribution in [0.25, 0.3) is 17.2 Å². The van der Waals surface area contributed by atoms with E-state index in [4.69, 9.17) is 25.0 Å². The highest BCUT2D eigenvalue weighted by Gasteiger charge is 2.20. The lowest BCUT2D eigenvalue weighted by Crippen LogP contribution is -2.47. The van der Waals surface area contributed by atoms with E-state index in [-0.39, 0.29) is 18.5 Å². The first-order valence-electron chi connectivity index (χ1n) is 12.7. The average Bonchev–Trinajstić information content (AvgIpc) is 3.63. The molecule has 1 aliphatic rings. The van der Waals surface area contributed by atoms with Crippen molar-refractivity contribution in [1.82, 2.24) is 24.5 Å². The van der Waals surface area contributed by atoms with E-state index in [1.165, 1.54) is 17.7 Å². The third-order valence-electron chi connectivity index (χ3n) is 6.41. The van der Waals surface area contributed by atoms with Crippen LogP contribution in [0.1, 0.15) is 12.5 Å². The van der Waals surface area contributed by atoms with Gasteiger partial charge >= 0.3 is 5.97 Å². The SMILES string of the molecule is CC(=O)OCCOc1ccc(N2CCN(CCNc3nc(N)n4nc(-c5ccco5)nc4c3C=[NH2+])CC2)cc1. The van der Waals surface area contributed by atoms with E-state index in [1.807, 2.05) is 12.1 Å². The molecule has 4 aromatic rings. The van der Waals surface area contributed by atoms with Crippen molar-refractivity contribution < 1.29 is 24.1 Å². The van der Waals surface area contributed by atoms with E-state index >= 15 is 0 Å². The van der Waals surface area contributed by atoms with Gasteiger partial charge in [-0.15, -0.1) is 5.10 Å². The molecule has 3 aromatic heterocycles. The van der Waals surface area contributed by atoms with Crippen molar-refractivity contribution >= 4 is 35.3 Å². The number of carbonyl (C=O) groups is 1. The predicted octanol–water partition coefficient (Wildman–Crippen LogP) is 0.321. The van der Waals surface area contributed by atoms with E-state index in [0.29, 0.717) is 41.8 Å². The smallest absolute Gasteiger partial charge is 0.302 e. The van der Waals surface area contributed by atoms with Crippen molar-refractivity contribution in [3.8, 4) is 17.3 Å². The van der Waals surface area contributed by atoms with E-state index in [0.717, 1.165) is 44.2 Å². The Morgan fingerprint density at radius 1 is 1.15 bits per heavy atom. The Hall–Kier alpha value is -4.65. The first kappa shape index (κ1) is 26.0. The van der Waals surface area contributed by atoms with Crippen molar-refractivity contribution in [3.63, 3.8) is 0 Å². The second kappa shape index (κ2) is 11.8. The molecule has 0 spiro atoms. The molecule has 1 fully saturated rings. The largest absolute Gasteiger partial charge is 0.490 e. The molecular formula is C26H32N9O4+. The quantitative estimate of drug-likeness (QED) is 0.138. The van der Waals surface area contributed by atoms with Gasteiger partial charge in [0.05, 0.1) is 6.26 Å². The number of aromatic nitrogens is 4. The molecule has 5 N–H and O–H groups in total. The number of anilines is 3. The van der Waals surface area contributed by atoms with Crippen LogP contribution >= 0.6 is 0 Å². The Labute approximate surface area is 225 Å². The molecule has 1 aromatic carbocycles. The number of piperazine rings is 1. The summed E-state index contributed by atoms with van der Waals surface area (Å²) in [4.78, 5) is 24.6. The molecule has 39 heavy (non-hydrogen) atoms. The minimum absolute atomic E-state index is 0.206. The van der Waals surface area contributed by atoms with Gasteiger partial charge in [0, 0.05) is 51.9 Å². The van der Waals surface area contributed by atoms with Crippen LogP contribution in [0.2, 0.25) is 0 Å². The Kier molecular flexibility index (Phi) is 7.87. The summed E-state index contributed by atoms with van der Waals surface area (Å²) in [5.41, 5.74) is 8.45. The molecule has 0 atom stereocenters. The minimum atomic E-state index is -0.308. The molecule has 204 valence electrons. The van der Waals surface area contributed by atoms with Gasteiger partial charge < -0.3 is 29.8 Å². The number of ether oxygens (including phenoxy) is 2. The van der Waals surface area contributed by atoms with Crippen LogP contribution in [-0.4, -0.2) is 89.1 Å². The summed E-state index contributed by atoms with van der Waals surface area (Å²) < 4.78 is 17.4. The number of nitrogens with zero attached hydrogens (tertiary/aromatic N) is 6. The fourth-order valence-corrected chi connectivity index (χ4v) is 4.43. The Balaban J connectivity index is 1.12. The van der Waals surface area contributed by atoms with E-state index in [2.05, 4.69) is 42.3 Å². The zero-order valence-electron chi connectivity index (χ0n) is 21.7. The lowest BCUT2D eigenvalue weighted by molar-refractivity contribution is -0.141. The van der Waals surface area contributed by atoms with Gasteiger partial charge in [-0.2, -0.15) is 9.50 Å². The van der Waals surface area contributed by atoms with Crippen LogP contribution in [0.15, 0.2) is 47.1 Å². The monoisotopic (exact) mass is 534 g/mol. The van der Waals surface area contributed by atoms with Gasteiger partial charge in [0.1, 0.15) is 30.3 Å². The number of esters is 1. The fraction of sp³-hybridized carbons (Fsp3) is 0.346. The average molecular weight is 535 g/mol. The molecule has 1 saturated heterocycles. The maximum absolute atomic E-state index is 10.8. The number of benzene rings is 1. The van der Waals surface area contributed by atoms with Crippen LogP contribution in [0.4, 0.5) is 17.5 Å². The summed E-state index contributed by atoms with van der Waals surface area (Å²) in [6.45, 7) is 7.16. The molecule has 0 unspecified atom stereocenters. The summed E-state index contributed by atoms with van der Waals surface area (Å²) in [6, 6.07) is 11.5. The third-order valence-corrected chi connectivity index (χ3v) is 6.41. The zero-order valence-corrected chi connectivity index (χ0v) is 21.7. The number of rotatable bonds is 11. The molecule has 0 aliphatic carbocycles. The lowest BCUT2D eigenvalue weighted by Gasteiger charge is -2.36. The van der Waals surface area contributed by atoms with Crippen LogP contribution in [0.5, 0.6) is 5.75 Å². The predicted molar refractivity (Wildman–Crippen MR) is 146 cm³/mol. The number of hydrogen-bond donors (Lipinski definition) is 3. The van der Waals surface area contributed by atoms with Crippen LogP contribution in [-0.2, 0) is 9.53 Å². The highest BCUT2D eigenvalue weighted by atomic mass is 16.6. The standard InChI is InChI=1S/C26H31N9O4/c1-18(36)37-15-16-38-20-6-4-19(5-7-20)34-12-10-33(11-13-34)9-8-29-23-21(17-27)25-30-24(22-3-2-14-39-22)32-35(25)26(28)31-23/h2-7,14,17,27,29H,8-13,15-16H2,1H3,(H2,28,31)/p+1. The van der Waals surface area contributed by atoms with E-state index < -0.39 is 0 Å². The molecule has 1 aliphatic heterocycles. The van der Waals surface area contributed by atoms with Crippen molar-refractivity contribution in [1.29, 1.82) is 0 Å². The number of hydrogen-bond acceptors (Lipinski definition) is 11. The second-order valence-electron chi connectivity index (χ2n) is 8.98. The summed E-state index contributed by atoms with van der Waals surface area (Å²) in [5.74, 6) is 2.16. The maximum Gasteiger partial charge on any atom is 0.302 e. The van der Waals surface area contributed by atoms with Crippen molar-refractivity contribution in [2.45, 2.75) is 6.92 Å². The number of nitrogens with two attached hydrogens (primary N) is 2. The molecule has 0 saturated carbocycles. The Morgan fingerprint density at radius 2 is 1.95 bits per heavy atom. The first-order chi connectivity index (χ1) is 19.0. The lowest BCUT2D eigenvalue weighted by atomic mass is 10.2. The van der Waals surface area contributed by atoms with E-state index in [1.54, 1.807) is 18.4 Å². The van der Waals surface area contributed by atoms with Gasteiger partial charge in [-0.05, 0) is 36.4 Å². The van der Waals surface area contributed by atoms with Crippen molar-refractivity contribution in [2.75, 3.05) is 68.4 Å². The van der Waals surface area contributed by atoms with Gasteiger partial charge in [0.25, 0.3) is 0 Å². The van der Waals surface area contributed by atoms with Gasteiger partial charge in [-0.25, -0.2) is 4.98 Å². The molecular weight excluding hydrogens is 502 g/mol. The number of fused-ring (bicyclic) bond motifs is 1. The van der Waals surface area contributed by atoms with Crippen LogP contribution in [0.3, 0.4) is 0 Å². The number of nitrogen functional groups attached to an aromatic ring is 1. The fourth-order valence-electron chi connectivity index (χ4n) is 4.43. The molecule has 13 nitrogen and oxygen atoms in total. The molecule has 0 bridgehead atoms. The molecule has 4 heterocycles. The summed E-state index contributed by atoms with van der Waals surface area (Å²) in [6.07, 6.45) is 3.02. The topological polar surface area (TPSA) is 162 Å². The van der Waals surface area contributed by atoms with Crippen LogP contribution < -0.4 is 26.1 Å². The minimum Gasteiger partial charge on any atom is -0.490 e. The second-order valence-corrected chi connectivity index (χ2v) is 8.98. The van der Waals surface area contributed by atoms with Crippen molar-refractivity contribution in [2.24, 2.45) is 0 Å². The first-order valence-corrected chi connectivity index (χ1v) is 12.7. The third kappa shape index (κ3) is 6.09. The summed E-state index contributed by atoms with van der Waals surface area (Å²) >= 11 is 0. The Bertz CT molecular complexity index is 1410. The molecule has 13 heteroatoms. The summed E-state index contributed by atoms with van der Waals surface area (Å²) in [5, 5.41) is 13.7. The number of nitrogens with one attached hydrogen (secondary N) is 1. The van der Waals surface area contributed by atoms with E-state index in [9.17, 15) is 4.79 Å². The summed E-state index contributed by atoms with van der Waals surface area (Å²) in [7, 11) is 0. The number of carbonyl (C=O) groups excluding carboxylic acids is 1. The van der Waals surface area contributed by atoms with Crippen molar-refractivity contribution in [3.05, 3.63) is 48.2 Å². The Morgan fingerprint density at radius 3 is 2.64 bits per heavy atom. The van der Waals surface area contributed by atoms with Gasteiger partial charge in [0.2, 0.25) is 11.8 Å². The molecule has 0 radical (unpaired) electrons. The highest BCUT2D eigenvalue weighted by Crippen LogP contribution is 2.23. The normalized spacial score (nSPS) is 13.9. The van der Waals surface area contributed by atoms with Gasteiger partial charge in [0.15, 0.2) is 17.6 Å². The number of furan rings is 1. The highest BCUT2D eigenvalue weighted by molar-refractivity contribution is 5.91.